The van der Waals surface area contributed by atoms with Crippen LogP contribution in [0, 0.1) is 0 Å². The van der Waals surface area contributed by atoms with Crippen LogP contribution in [-0.4, -0.2) is 47.4 Å². The first-order valence-corrected chi connectivity index (χ1v) is 34.3. The standard InChI is InChI=1S/C70H133NO5/c1-3-5-7-9-11-13-15-16-17-18-33-36-39-43-46-50-54-58-62-68(73)67(66-72)71-69(74)63-59-55-51-47-44-40-37-34-31-29-27-25-23-21-19-20-22-24-26-28-30-32-35-38-41-45-49-53-57-61-65-76-70(75)64-60-56-52-48-42-14-12-10-8-6-4-2/h10,12,20,22,58,62,67-68,72-73H,3-9,11,13-19,21,23-57,59-61,63-66H2,1-2H3,(H,71,74)/b12-10-,22-20-,62-58+. The Morgan fingerprint density at radius 3 is 0.974 bits per heavy atom. The lowest BCUT2D eigenvalue weighted by atomic mass is 10.0. The molecule has 2 atom stereocenters. The van der Waals surface area contributed by atoms with Gasteiger partial charge in [-0.1, -0.05) is 320 Å². The average molecular weight is 1070 g/mol. The number of hydrogen-bond donors (Lipinski definition) is 3. The van der Waals surface area contributed by atoms with Crippen LogP contribution in [0.4, 0.5) is 0 Å². The summed E-state index contributed by atoms with van der Waals surface area (Å²) in [5.41, 5.74) is 0. The second kappa shape index (κ2) is 65.6. The number of allylic oxidation sites excluding steroid dienone is 5. The minimum atomic E-state index is -0.844. The highest BCUT2D eigenvalue weighted by Gasteiger charge is 2.18. The van der Waals surface area contributed by atoms with Crippen molar-refractivity contribution in [2.75, 3.05) is 13.2 Å². The van der Waals surface area contributed by atoms with Crippen molar-refractivity contribution in [1.29, 1.82) is 0 Å². The van der Waals surface area contributed by atoms with Crippen LogP contribution in [0.2, 0.25) is 0 Å². The maximum Gasteiger partial charge on any atom is 0.305 e. The van der Waals surface area contributed by atoms with E-state index in [1.807, 2.05) is 6.08 Å². The van der Waals surface area contributed by atoms with Crippen molar-refractivity contribution in [3.8, 4) is 0 Å². The maximum atomic E-state index is 12.5. The molecule has 0 saturated carbocycles. The largest absolute Gasteiger partial charge is 0.466 e. The van der Waals surface area contributed by atoms with Gasteiger partial charge in [0.15, 0.2) is 0 Å². The van der Waals surface area contributed by atoms with Crippen molar-refractivity contribution in [1.82, 2.24) is 5.32 Å². The fourth-order valence-corrected chi connectivity index (χ4v) is 10.6. The smallest absolute Gasteiger partial charge is 0.305 e. The number of aliphatic hydroxyl groups is 2. The van der Waals surface area contributed by atoms with E-state index < -0.39 is 12.1 Å². The molecule has 6 heteroatoms. The lowest BCUT2D eigenvalue weighted by molar-refractivity contribution is -0.143. The van der Waals surface area contributed by atoms with Crippen LogP contribution in [0.3, 0.4) is 0 Å². The van der Waals surface area contributed by atoms with Crippen LogP contribution in [0.15, 0.2) is 36.5 Å². The van der Waals surface area contributed by atoms with E-state index in [1.165, 1.54) is 302 Å². The second-order valence-electron chi connectivity index (χ2n) is 23.5. The van der Waals surface area contributed by atoms with Gasteiger partial charge in [-0.05, 0) is 77.0 Å². The molecule has 0 aliphatic rings. The Labute approximate surface area is 474 Å². The predicted octanol–water partition coefficient (Wildman–Crippen LogP) is 21.9. The fraction of sp³-hybridized carbons (Fsp3) is 0.886. The topological polar surface area (TPSA) is 95.9 Å². The van der Waals surface area contributed by atoms with Crippen molar-refractivity contribution in [2.24, 2.45) is 0 Å². The Hall–Kier alpha value is -1.92. The lowest BCUT2D eigenvalue weighted by Gasteiger charge is -2.20. The Kier molecular flexibility index (Phi) is 63.9. The highest BCUT2D eigenvalue weighted by molar-refractivity contribution is 5.76. The lowest BCUT2D eigenvalue weighted by Crippen LogP contribution is -2.45. The monoisotopic (exact) mass is 1070 g/mol. The Morgan fingerprint density at radius 1 is 0.355 bits per heavy atom. The number of unbranched alkanes of at least 4 members (excludes halogenated alkanes) is 49. The van der Waals surface area contributed by atoms with Gasteiger partial charge in [0.25, 0.3) is 0 Å². The molecule has 0 fully saturated rings. The molecule has 0 aliphatic heterocycles. The van der Waals surface area contributed by atoms with E-state index in [0.29, 0.717) is 19.4 Å². The molecule has 0 saturated heterocycles. The predicted molar refractivity (Wildman–Crippen MR) is 333 cm³/mol. The minimum Gasteiger partial charge on any atom is -0.466 e. The van der Waals surface area contributed by atoms with E-state index in [1.54, 1.807) is 6.08 Å². The zero-order chi connectivity index (χ0) is 55.0. The number of esters is 1. The highest BCUT2D eigenvalue weighted by atomic mass is 16.5. The van der Waals surface area contributed by atoms with Crippen LogP contribution in [0.25, 0.3) is 0 Å². The molecule has 0 rings (SSSR count). The molecule has 0 aliphatic carbocycles. The maximum absolute atomic E-state index is 12.5. The number of hydrogen-bond acceptors (Lipinski definition) is 5. The SMILES string of the molecule is CCCC/C=C\CCCCCCCC(=O)OCCCCCCCCCCCCCC/C=C\CCCCCCCCCCCCCCCCC(=O)NC(CO)C(O)/C=C/CCCCCCCCCCCCCCCCCC. The van der Waals surface area contributed by atoms with Gasteiger partial charge in [0.2, 0.25) is 5.91 Å². The zero-order valence-corrected chi connectivity index (χ0v) is 51.3. The first-order valence-electron chi connectivity index (χ1n) is 34.3. The molecule has 0 spiro atoms. The summed E-state index contributed by atoms with van der Waals surface area (Å²) in [6.07, 6.45) is 83.6. The fourth-order valence-electron chi connectivity index (χ4n) is 10.6. The van der Waals surface area contributed by atoms with Gasteiger partial charge in [0.1, 0.15) is 0 Å². The van der Waals surface area contributed by atoms with Crippen molar-refractivity contribution in [2.45, 2.75) is 386 Å². The molecule has 0 aromatic carbocycles. The Balaban J connectivity index is 3.40. The van der Waals surface area contributed by atoms with Crippen LogP contribution in [0.1, 0.15) is 373 Å². The Bertz CT molecular complexity index is 1230. The van der Waals surface area contributed by atoms with Crippen molar-refractivity contribution in [3.05, 3.63) is 36.5 Å². The molecule has 1 amide bonds. The van der Waals surface area contributed by atoms with E-state index in [-0.39, 0.29) is 18.5 Å². The molecule has 0 radical (unpaired) electrons. The molecule has 3 N–H and O–H groups in total. The number of carbonyl (C=O) groups excluding carboxylic acids is 2. The summed E-state index contributed by atoms with van der Waals surface area (Å²) in [5.74, 6) is -0.0578. The molecule has 0 heterocycles. The quantitative estimate of drug-likeness (QED) is 0.0320. The first-order chi connectivity index (χ1) is 37.5. The average Bonchev–Trinajstić information content (AvgIpc) is 3.42. The van der Waals surface area contributed by atoms with Crippen LogP contribution in [0.5, 0.6) is 0 Å². The van der Waals surface area contributed by atoms with E-state index in [0.717, 1.165) is 44.9 Å². The van der Waals surface area contributed by atoms with Crippen molar-refractivity contribution in [3.63, 3.8) is 0 Å². The normalized spacial score (nSPS) is 12.7. The minimum absolute atomic E-state index is 0.00582. The van der Waals surface area contributed by atoms with E-state index in [2.05, 4.69) is 43.5 Å². The summed E-state index contributed by atoms with van der Waals surface area (Å²) in [6.45, 7) is 4.89. The molecular weight excluding hydrogens is 935 g/mol. The summed E-state index contributed by atoms with van der Waals surface area (Å²) in [5, 5.41) is 23.2. The summed E-state index contributed by atoms with van der Waals surface area (Å²) < 4.78 is 5.46. The first kappa shape index (κ1) is 74.1. The van der Waals surface area contributed by atoms with Gasteiger partial charge in [-0.15, -0.1) is 0 Å². The number of amides is 1. The van der Waals surface area contributed by atoms with E-state index >= 15 is 0 Å². The number of rotatable bonds is 64. The third-order valence-corrected chi connectivity index (χ3v) is 15.9. The molecule has 0 aromatic heterocycles. The Morgan fingerprint density at radius 2 is 0.632 bits per heavy atom. The van der Waals surface area contributed by atoms with Crippen LogP contribution >= 0.6 is 0 Å². The van der Waals surface area contributed by atoms with Gasteiger partial charge >= 0.3 is 5.97 Å². The number of carbonyl (C=O) groups is 2. The molecule has 0 bridgehead atoms. The number of nitrogens with one attached hydrogen (secondary N) is 1. The van der Waals surface area contributed by atoms with Gasteiger partial charge < -0.3 is 20.3 Å². The molecule has 76 heavy (non-hydrogen) atoms. The van der Waals surface area contributed by atoms with Gasteiger partial charge in [-0.25, -0.2) is 0 Å². The van der Waals surface area contributed by atoms with Crippen LogP contribution < -0.4 is 5.32 Å². The third kappa shape index (κ3) is 61.3. The van der Waals surface area contributed by atoms with Gasteiger partial charge in [-0.2, -0.15) is 0 Å². The molecular formula is C70H133NO5. The molecule has 2 unspecified atom stereocenters. The van der Waals surface area contributed by atoms with Gasteiger partial charge in [0.05, 0.1) is 25.4 Å². The summed E-state index contributed by atoms with van der Waals surface area (Å²) >= 11 is 0. The van der Waals surface area contributed by atoms with Gasteiger partial charge in [0, 0.05) is 12.8 Å². The van der Waals surface area contributed by atoms with E-state index in [9.17, 15) is 19.8 Å². The zero-order valence-electron chi connectivity index (χ0n) is 51.3. The molecule has 0 aromatic rings. The van der Waals surface area contributed by atoms with Crippen molar-refractivity contribution < 1.29 is 24.5 Å². The van der Waals surface area contributed by atoms with Crippen molar-refractivity contribution >= 4 is 11.9 Å². The third-order valence-electron chi connectivity index (χ3n) is 15.9. The second-order valence-corrected chi connectivity index (χ2v) is 23.5. The molecule has 6 nitrogen and oxygen atoms in total. The highest BCUT2D eigenvalue weighted by Crippen LogP contribution is 2.18. The summed E-state index contributed by atoms with van der Waals surface area (Å²) in [6, 6.07) is -0.627. The van der Waals surface area contributed by atoms with E-state index in [4.69, 9.17) is 4.74 Å². The van der Waals surface area contributed by atoms with Crippen LogP contribution in [-0.2, 0) is 14.3 Å². The molecule has 448 valence electrons. The summed E-state index contributed by atoms with van der Waals surface area (Å²) in [7, 11) is 0. The number of ether oxygens (including phenoxy) is 1. The summed E-state index contributed by atoms with van der Waals surface area (Å²) in [4.78, 5) is 24.5. The van der Waals surface area contributed by atoms with Gasteiger partial charge in [-0.3, -0.25) is 9.59 Å². The number of aliphatic hydroxyl groups excluding tert-OH is 2.